The van der Waals surface area contributed by atoms with Crippen LogP contribution in [-0.4, -0.2) is 75.2 Å². The number of amides is 1. The SMILES string of the molecule is Cc1c(C)c(C)c(S(=O)(=O)N2CCCN(CC(=O)N(C)C)CC2)c(C)c1C. The lowest BCUT2D eigenvalue weighted by molar-refractivity contribution is -0.129. The van der Waals surface area contributed by atoms with Crippen molar-refractivity contribution >= 4 is 15.9 Å². The van der Waals surface area contributed by atoms with Gasteiger partial charge in [-0.25, -0.2) is 8.42 Å². The van der Waals surface area contributed by atoms with E-state index in [1.165, 1.54) is 0 Å². The first kappa shape index (κ1) is 21.9. The molecule has 1 heterocycles. The Labute approximate surface area is 164 Å². The van der Waals surface area contributed by atoms with Gasteiger partial charge >= 0.3 is 0 Å². The number of carbonyl (C=O) groups is 1. The highest BCUT2D eigenvalue weighted by Gasteiger charge is 2.31. The molecule has 1 amide bonds. The normalized spacial score (nSPS) is 17.0. The van der Waals surface area contributed by atoms with E-state index < -0.39 is 10.0 Å². The molecule has 0 atom stereocenters. The molecule has 0 unspecified atom stereocenters. The van der Waals surface area contributed by atoms with Gasteiger partial charge in [-0.1, -0.05) is 0 Å². The molecule has 1 fully saturated rings. The van der Waals surface area contributed by atoms with E-state index >= 15 is 0 Å². The number of rotatable bonds is 4. The molecule has 27 heavy (non-hydrogen) atoms. The number of hydrogen-bond donors (Lipinski definition) is 0. The van der Waals surface area contributed by atoms with E-state index in [0.29, 0.717) is 31.1 Å². The van der Waals surface area contributed by atoms with E-state index in [1.54, 1.807) is 23.3 Å². The van der Waals surface area contributed by atoms with Crippen molar-refractivity contribution in [2.24, 2.45) is 0 Å². The van der Waals surface area contributed by atoms with Gasteiger partial charge in [0, 0.05) is 33.7 Å². The summed E-state index contributed by atoms with van der Waals surface area (Å²) in [5.74, 6) is 0.0442. The van der Waals surface area contributed by atoms with Gasteiger partial charge in [0.25, 0.3) is 0 Å². The Morgan fingerprint density at radius 2 is 1.37 bits per heavy atom. The highest BCUT2D eigenvalue weighted by molar-refractivity contribution is 7.89. The number of likely N-dealkylation sites (N-methyl/N-ethyl adjacent to an activating group) is 1. The Morgan fingerprint density at radius 1 is 0.852 bits per heavy atom. The van der Waals surface area contributed by atoms with Crippen LogP contribution in [0, 0.1) is 34.6 Å². The molecule has 0 spiro atoms. The molecule has 0 saturated carbocycles. The minimum absolute atomic E-state index is 0.0442. The highest BCUT2D eigenvalue weighted by Crippen LogP contribution is 2.31. The van der Waals surface area contributed by atoms with Crippen molar-refractivity contribution in [3.8, 4) is 0 Å². The molecule has 1 saturated heterocycles. The standard InChI is InChI=1S/C20H33N3O3S/c1-14-15(2)17(4)20(18(5)16(14)3)27(25,26)23-10-8-9-22(11-12-23)13-19(24)21(6)7/h8-13H2,1-7H3. The van der Waals surface area contributed by atoms with Crippen LogP contribution in [-0.2, 0) is 14.8 Å². The van der Waals surface area contributed by atoms with Crippen LogP contribution in [0.25, 0.3) is 0 Å². The molecule has 1 aliphatic heterocycles. The lowest BCUT2D eigenvalue weighted by Gasteiger charge is -2.25. The number of sulfonamides is 1. The first-order valence-corrected chi connectivity index (χ1v) is 10.9. The third-order valence-electron chi connectivity index (χ3n) is 5.93. The van der Waals surface area contributed by atoms with Gasteiger partial charge in [0.1, 0.15) is 0 Å². The maximum Gasteiger partial charge on any atom is 0.243 e. The van der Waals surface area contributed by atoms with Crippen LogP contribution in [0.3, 0.4) is 0 Å². The predicted octanol–water partition coefficient (Wildman–Crippen LogP) is 2.01. The summed E-state index contributed by atoms with van der Waals surface area (Å²) in [6, 6.07) is 0. The van der Waals surface area contributed by atoms with Crippen molar-refractivity contribution in [1.82, 2.24) is 14.1 Å². The summed E-state index contributed by atoms with van der Waals surface area (Å²) in [6.07, 6.45) is 0.724. The van der Waals surface area contributed by atoms with E-state index in [1.807, 2.05) is 39.5 Å². The predicted molar refractivity (Wildman–Crippen MR) is 109 cm³/mol. The monoisotopic (exact) mass is 395 g/mol. The minimum atomic E-state index is -3.57. The van der Waals surface area contributed by atoms with Gasteiger partial charge in [0.05, 0.1) is 11.4 Å². The fraction of sp³-hybridized carbons (Fsp3) is 0.650. The fourth-order valence-corrected chi connectivity index (χ4v) is 5.69. The Hall–Kier alpha value is -1.44. The smallest absolute Gasteiger partial charge is 0.243 e. The van der Waals surface area contributed by atoms with Crippen molar-refractivity contribution in [3.63, 3.8) is 0 Å². The Morgan fingerprint density at radius 3 is 1.89 bits per heavy atom. The minimum Gasteiger partial charge on any atom is -0.348 e. The molecule has 0 aromatic heterocycles. The molecule has 7 heteroatoms. The van der Waals surface area contributed by atoms with E-state index in [0.717, 1.165) is 40.8 Å². The summed E-state index contributed by atoms with van der Waals surface area (Å²) in [7, 11) is -0.0842. The van der Waals surface area contributed by atoms with Crippen molar-refractivity contribution in [2.45, 2.75) is 45.9 Å². The summed E-state index contributed by atoms with van der Waals surface area (Å²) in [4.78, 5) is 16.0. The second-order valence-electron chi connectivity index (χ2n) is 7.78. The molecule has 1 aliphatic rings. The Balaban J connectivity index is 2.30. The second kappa shape index (κ2) is 8.29. The van der Waals surface area contributed by atoms with Crippen LogP contribution >= 0.6 is 0 Å². The first-order valence-electron chi connectivity index (χ1n) is 9.48. The van der Waals surface area contributed by atoms with Crippen LogP contribution < -0.4 is 0 Å². The molecule has 1 aromatic rings. The molecule has 0 bridgehead atoms. The maximum atomic E-state index is 13.5. The quantitative estimate of drug-likeness (QED) is 0.783. The Kier molecular flexibility index (Phi) is 6.71. The molecule has 152 valence electrons. The third-order valence-corrected chi connectivity index (χ3v) is 8.11. The summed E-state index contributed by atoms with van der Waals surface area (Å²) in [5.41, 5.74) is 4.95. The number of benzene rings is 1. The fourth-order valence-electron chi connectivity index (χ4n) is 3.66. The first-order chi connectivity index (χ1) is 12.5. The average molecular weight is 396 g/mol. The molecule has 0 N–H and O–H groups in total. The van der Waals surface area contributed by atoms with Crippen molar-refractivity contribution in [2.75, 3.05) is 46.8 Å². The van der Waals surface area contributed by atoms with Crippen molar-refractivity contribution in [3.05, 3.63) is 27.8 Å². The summed E-state index contributed by atoms with van der Waals surface area (Å²) >= 11 is 0. The lowest BCUT2D eigenvalue weighted by Crippen LogP contribution is -2.39. The van der Waals surface area contributed by atoms with E-state index in [-0.39, 0.29) is 5.91 Å². The van der Waals surface area contributed by atoms with Gasteiger partial charge in [-0.05, 0) is 75.4 Å². The zero-order valence-electron chi connectivity index (χ0n) is 17.7. The van der Waals surface area contributed by atoms with Crippen LogP contribution in [0.2, 0.25) is 0 Å². The van der Waals surface area contributed by atoms with Gasteiger partial charge < -0.3 is 4.90 Å². The zero-order chi connectivity index (χ0) is 20.5. The van der Waals surface area contributed by atoms with Crippen LogP contribution in [0.4, 0.5) is 0 Å². The zero-order valence-corrected chi connectivity index (χ0v) is 18.5. The van der Waals surface area contributed by atoms with Gasteiger partial charge in [0.15, 0.2) is 0 Å². The van der Waals surface area contributed by atoms with E-state index in [2.05, 4.69) is 0 Å². The van der Waals surface area contributed by atoms with Crippen LogP contribution in [0.5, 0.6) is 0 Å². The van der Waals surface area contributed by atoms with Crippen LogP contribution in [0.15, 0.2) is 4.90 Å². The summed E-state index contributed by atoms with van der Waals surface area (Å²) in [5, 5.41) is 0. The summed E-state index contributed by atoms with van der Waals surface area (Å²) in [6.45, 7) is 12.4. The lowest BCUT2D eigenvalue weighted by atomic mass is 9.95. The molecule has 1 aromatic carbocycles. The van der Waals surface area contributed by atoms with Gasteiger partial charge in [0.2, 0.25) is 15.9 Å². The number of nitrogens with zero attached hydrogens (tertiary/aromatic N) is 3. The van der Waals surface area contributed by atoms with Gasteiger partial charge in [-0.3, -0.25) is 9.69 Å². The largest absolute Gasteiger partial charge is 0.348 e. The molecule has 6 nitrogen and oxygen atoms in total. The Bertz CT molecular complexity index is 802. The van der Waals surface area contributed by atoms with Crippen molar-refractivity contribution in [1.29, 1.82) is 0 Å². The molecular formula is C20H33N3O3S. The summed E-state index contributed by atoms with van der Waals surface area (Å²) < 4.78 is 28.5. The molecule has 0 aliphatic carbocycles. The number of carbonyl (C=O) groups excluding carboxylic acids is 1. The topological polar surface area (TPSA) is 60.9 Å². The third kappa shape index (κ3) is 4.36. The average Bonchev–Trinajstić information content (AvgIpc) is 2.84. The van der Waals surface area contributed by atoms with E-state index in [9.17, 15) is 13.2 Å². The van der Waals surface area contributed by atoms with Crippen LogP contribution in [0.1, 0.15) is 34.2 Å². The molecule has 0 radical (unpaired) electrons. The molecular weight excluding hydrogens is 362 g/mol. The van der Waals surface area contributed by atoms with Gasteiger partial charge in [-0.2, -0.15) is 4.31 Å². The number of hydrogen-bond acceptors (Lipinski definition) is 4. The van der Waals surface area contributed by atoms with Crippen molar-refractivity contribution < 1.29 is 13.2 Å². The maximum absolute atomic E-state index is 13.5. The molecule has 2 rings (SSSR count). The highest BCUT2D eigenvalue weighted by atomic mass is 32.2. The van der Waals surface area contributed by atoms with E-state index in [4.69, 9.17) is 0 Å². The second-order valence-corrected chi connectivity index (χ2v) is 9.65. The van der Waals surface area contributed by atoms with Gasteiger partial charge in [-0.15, -0.1) is 0 Å².